The number of carbonyl (C=O) groups excluding carboxylic acids is 1. The van der Waals surface area contributed by atoms with Crippen LogP contribution in [0.2, 0.25) is 0 Å². The molecule has 1 amide bonds. The molecule has 1 spiro atoms. The van der Waals surface area contributed by atoms with Gasteiger partial charge in [-0.3, -0.25) is 4.79 Å². The third-order valence-corrected chi connectivity index (χ3v) is 6.77. The fraction of sp³-hybridized carbons (Fsp3) is 0.588. The lowest BCUT2D eigenvalue weighted by molar-refractivity contribution is 0.0524. The van der Waals surface area contributed by atoms with Gasteiger partial charge < -0.3 is 14.4 Å². The molecule has 0 bridgehead atoms. The third-order valence-electron chi connectivity index (χ3n) is 5.39. The summed E-state index contributed by atoms with van der Waals surface area (Å²) in [4.78, 5) is 14.7. The van der Waals surface area contributed by atoms with Crippen molar-refractivity contribution in [1.29, 1.82) is 0 Å². The molecule has 1 aromatic rings. The molecule has 136 valence electrons. The van der Waals surface area contributed by atoms with Crippen molar-refractivity contribution < 1.29 is 22.7 Å². The van der Waals surface area contributed by atoms with E-state index in [1.165, 1.54) is 6.26 Å². The van der Waals surface area contributed by atoms with Gasteiger partial charge in [0.1, 0.15) is 0 Å². The van der Waals surface area contributed by atoms with Crippen molar-refractivity contribution in [3.8, 4) is 11.5 Å². The normalized spacial score (nSPS) is 26.4. The highest BCUT2D eigenvalue weighted by molar-refractivity contribution is 7.88. The zero-order chi connectivity index (χ0) is 17.7. The number of benzene rings is 1. The molecule has 0 saturated carbocycles. The predicted octanol–water partition coefficient (Wildman–Crippen LogP) is 1.45. The summed E-state index contributed by atoms with van der Waals surface area (Å²) in [6, 6.07) is 5.18. The minimum absolute atomic E-state index is 0.0854. The minimum atomic E-state index is -3.27. The van der Waals surface area contributed by atoms with Gasteiger partial charge in [-0.25, -0.2) is 8.42 Å². The minimum Gasteiger partial charge on any atom is -0.454 e. The lowest BCUT2D eigenvalue weighted by Crippen LogP contribution is -2.58. The SMILES string of the molecule is CS(=O)(=O)N1CCCC12CCCN(C(=O)c1ccc3c(c1)OCO3)C2. The van der Waals surface area contributed by atoms with E-state index >= 15 is 0 Å². The molecule has 3 aliphatic heterocycles. The van der Waals surface area contributed by atoms with Crippen molar-refractivity contribution >= 4 is 15.9 Å². The van der Waals surface area contributed by atoms with E-state index in [0.717, 1.165) is 25.7 Å². The van der Waals surface area contributed by atoms with Gasteiger partial charge >= 0.3 is 0 Å². The Morgan fingerprint density at radius 2 is 1.84 bits per heavy atom. The molecular formula is C17H22N2O5S. The first-order valence-electron chi connectivity index (χ1n) is 8.56. The largest absolute Gasteiger partial charge is 0.454 e. The second-order valence-electron chi connectivity index (χ2n) is 7.06. The Kier molecular flexibility index (Phi) is 3.92. The smallest absolute Gasteiger partial charge is 0.254 e. The Balaban J connectivity index is 1.58. The number of nitrogens with zero attached hydrogens (tertiary/aromatic N) is 2. The summed E-state index contributed by atoms with van der Waals surface area (Å²) in [7, 11) is -3.27. The zero-order valence-electron chi connectivity index (χ0n) is 14.2. The molecule has 0 aliphatic carbocycles. The van der Waals surface area contributed by atoms with Crippen LogP contribution in [0.1, 0.15) is 36.0 Å². The van der Waals surface area contributed by atoms with Crippen LogP contribution in [0.4, 0.5) is 0 Å². The van der Waals surface area contributed by atoms with Crippen molar-refractivity contribution in [2.45, 2.75) is 31.2 Å². The maximum absolute atomic E-state index is 13.0. The molecule has 4 rings (SSSR count). The number of hydrogen-bond donors (Lipinski definition) is 0. The average Bonchev–Trinajstić information content (AvgIpc) is 3.20. The fourth-order valence-electron chi connectivity index (χ4n) is 4.34. The van der Waals surface area contributed by atoms with Gasteiger partial charge in [0.05, 0.1) is 11.8 Å². The van der Waals surface area contributed by atoms with Crippen molar-refractivity contribution in [2.24, 2.45) is 0 Å². The van der Waals surface area contributed by atoms with E-state index in [1.54, 1.807) is 27.4 Å². The standard InChI is InChI=1S/C17H22N2O5S/c1-25(21,22)19-9-3-7-17(19)6-2-8-18(11-17)16(20)13-4-5-14-15(10-13)24-12-23-14/h4-5,10H,2-3,6-9,11-12H2,1H3. The van der Waals surface area contributed by atoms with Crippen LogP contribution in [0.5, 0.6) is 11.5 Å². The van der Waals surface area contributed by atoms with Crippen molar-refractivity contribution in [3.05, 3.63) is 23.8 Å². The van der Waals surface area contributed by atoms with E-state index in [4.69, 9.17) is 9.47 Å². The molecule has 3 aliphatic rings. The molecule has 1 aromatic carbocycles. The second kappa shape index (κ2) is 5.88. The van der Waals surface area contributed by atoms with Crippen LogP contribution in [0.25, 0.3) is 0 Å². The number of fused-ring (bicyclic) bond motifs is 1. The summed E-state index contributed by atoms with van der Waals surface area (Å²) < 4.78 is 36.6. The second-order valence-corrected chi connectivity index (χ2v) is 8.97. The Morgan fingerprint density at radius 1 is 1.12 bits per heavy atom. The molecule has 0 N–H and O–H groups in total. The summed E-state index contributed by atoms with van der Waals surface area (Å²) in [5.74, 6) is 1.14. The van der Waals surface area contributed by atoms with Crippen molar-refractivity contribution in [3.63, 3.8) is 0 Å². The Morgan fingerprint density at radius 3 is 2.60 bits per heavy atom. The maximum Gasteiger partial charge on any atom is 0.254 e. The Bertz CT molecular complexity index is 809. The first kappa shape index (κ1) is 16.7. The van der Waals surface area contributed by atoms with Crippen molar-refractivity contribution in [1.82, 2.24) is 9.21 Å². The average molecular weight is 366 g/mol. The van der Waals surface area contributed by atoms with Crippen molar-refractivity contribution in [2.75, 3.05) is 32.7 Å². The van der Waals surface area contributed by atoms with Gasteiger partial charge in [-0.2, -0.15) is 4.31 Å². The van der Waals surface area contributed by atoms with E-state index in [2.05, 4.69) is 0 Å². The fourth-order valence-corrected chi connectivity index (χ4v) is 5.74. The lowest BCUT2D eigenvalue weighted by Gasteiger charge is -2.44. The first-order chi connectivity index (χ1) is 11.9. The molecule has 3 heterocycles. The number of hydrogen-bond acceptors (Lipinski definition) is 5. The summed E-state index contributed by atoms with van der Waals surface area (Å²) >= 11 is 0. The van der Waals surface area contributed by atoms with Gasteiger partial charge in [-0.1, -0.05) is 0 Å². The summed E-state index contributed by atoms with van der Waals surface area (Å²) in [6.45, 7) is 1.81. The molecule has 25 heavy (non-hydrogen) atoms. The highest BCUT2D eigenvalue weighted by atomic mass is 32.2. The van der Waals surface area contributed by atoms with E-state index in [-0.39, 0.29) is 12.7 Å². The van der Waals surface area contributed by atoms with E-state index < -0.39 is 15.6 Å². The summed E-state index contributed by atoms with van der Waals surface area (Å²) in [5.41, 5.74) is 0.0999. The van der Waals surface area contributed by atoms with Crippen LogP contribution >= 0.6 is 0 Å². The number of likely N-dealkylation sites (tertiary alicyclic amines) is 1. The van der Waals surface area contributed by atoms with E-state index in [0.29, 0.717) is 36.7 Å². The monoisotopic (exact) mass is 366 g/mol. The van der Waals surface area contributed by atoms with Crippen LogP contribution < -0.4 is 9.47 Å². The molecule has 0 aromatic heterocycles. The summed E-state index contributed by atoms with van der Waals surface area (Å²) in [5, 5.41) is 0. The topological polar surface area (TPSA) is 76.2 Å². The van der Waals surface area contributed by atoms with Gasteiger partial charge in [0.25, 0.3) is 5.91 Å². The maximum atomic E-state index is 13.0. The van der Waals surface area contributed by atoms with Crippen LogP contribution in [0.15, 0.2) is 18.2 Å². The number of amides is 1. The zero-order valence-corrected chi connectivity index (χ0v) is 15.0. The number of rotatable bonds is 2. The van der Waals surface area contributed by atoms with Crippen LogP contribution in [0, 0.1) is 0 Å². The molecule has 2 fully saturated rings. The first-order valence-corrected chi connectivity index (χ1v) is 10.4. The molecular weight excluding hydrogens is 344 g/mol. The number of sulfonamides is 1. The van der Waals surface area contributed by atoms with Gasteiger partial charge in [0.15, 0.2) is 11.5 Å². The van der Waals surface area contributed by atoms with Gasteiger partial charge in [0.2, 0.25) is 16.8 Å². The predicted molar refractivity (Wildman–Crippen MR) is 91.2 cm³/mol. The molecule has 0 radical (unpaired) electrons. The molecule has 7 nitrogen and oxygen atoms in total. The lowest BCUT2D eigenvalue weighted by atomic mass is 9.87. The number of ether oxygens (including phenoxy) is 2. The highest BCUT2D eigenvalue weighted by Gasteiger charge is 2.48. The van der Waals surface area contributed by atoms with Crippen LogP contribution in [-0.2, 0) is 10.0 Å². The van der Waals surface area contributed by atoms with Gasteiger partial charge in [0, 0.05) is 25.2 Å². The molecule has 1 atom stereocenters. The van der Waals surface area contributed by atoms with Gasteiger partial charge in [-0.05, 0) is 43.9 Å². The third kappa shape index (κ3) is 2.87. The van der Waals surface area contributed by atoms with Crippen LogP contribution in [-0.4, -0.2) is 61.8 Å². The number of piperidine rings is 1. The summed E-state index contributed by atoms with van der Waals surface area (Å²) in [6.07, 6.45) is 4.54. The van der Waals surface area contributed by atoms with E-state index in [9.17, 15) is 13.2 Å². The Labute approximate surface area is 147 Å². The molecule has 8 heteroatoms. The molecule has 2 saturated heterocycles. The van der Waals surface area contributed by atoms with Gasteiger partial charge in [-0.15, -0.1) is 0 Å². The highest BCUT2D eigenvalue weighted by Crippen LogP contribution is 2.39. The quantitative estimate of drug-likeness (QED) is 0.792. The Hall–Kier alpha value is -1.80. The number of carbonyl (C=O) groups is 1. The van der Waals surface area contributed by atoms with Crippen LogP contribution in [0.3, 0.4) is 0 Å². The molecule has 1 unspecified atom stereocenters. The van der Waals surface area contributed by atoms with E-state index in [1.807, 2.05) is 0 Å².